The summed E-state index contributed by atoms with van der Waals surface area (Å²) in [5.74, 6) is -1.40. The second kappa shape index (κ2) is 9.52. The first kappa shape index (κ1) is 20.2. The number of anilines is 1. The number of hydrogen-bond donors (Lipinski definition) is 1. The summed E-state index contributed by atoms with van der Waals surface area (Å²) in [5.41, 5.74) is 0.990. The summed E-state index contributed by atoms with van der Waals surface area (Å²) < 4.78 is 29.2. The Bertz CT molecular complexity index is 748. The van der Waals surface area contributed by atoms with Crippen molar-refractivity contribution in [1.29, 1.82) is 0 Å². The van der Waals surface area contributed by atoms with Crippen LogP contribution in [-0.2, 0) is 4.79 Å². The predicted molar refractivity (Wildman–Crippen MR) is 101 cm³/mol. The molecule has 0 aliphatic heterocycles. The highest BCUT2D eigenvalue weighted by Crippen LogP contribution is 2.34. The lowest BCUT2D eigenvalue weighted by molar-refractivity contribution is -0.137. The summed E-state index contributed by atoms with van der Waals surface area (Å²) in [6.07, 6.45) is 2.91. The van der Waals surface area contributed by atoms with Gasteiger partial charge in [0.1, 0.15) is 22.3 Å². The smallest absolute Gasteiger partial charge is 0.303 e. The maximum absolute atomic E-state index is 14.6. The van der Waals surface area contributed by atoms with Gasteiger partial charge in [-0.2, -0.15) is 0 Å². The Hall–Kier alpha value is -2.15. The van der Waals surface area contributed by atoms with Crippen LogP contribution in [0.5, 0.6) is 0 Å². The van der Waals surface area contributed by atoms with Crippen LogP contribution >= 0.6 is 11.8 Å². The van der Waals surface area contributed by atoms with Gasteiger partial charge in [-0.3, -0.25) is 4.79 Å². The third kappa shape index (κ3) is 5.17. The normalized spacial score (nSPS) is 10.8. The van der Waals surface area contributed by atoms with Crippen molar-refractivity contribution in [1.82, 2.24) is 4.98 Å². The monoisotopic (exact) mass is 380 g/mol. The second-order valence-corrected chi connectivity index (χ2v) is 7.00. The molecule has 26 heavy (non-hydrogen) atoms. The molecule has 0 spiro atoms. The molecule has 2 aromatic rings. The number of carboxylic acids is 1. The lowest BCUT2D eigenvalue weighted by Gasteiger charge is -2.21. The lowest BCUT2D eigenvalue weighted by atomic mass is 10.1. The number of rotatable bonds is 9. The van der Waals surface area contributed by atoms with E-state index in [4.69, 9.17) is 5.11 Å². The SMILES string of the molecule is CCCSc1ncccc1-c1cc(F)c(N(C)CCCC(=O)O)c(F)c1. The Morgan fingerprint density at radius 3 is 2.62 bits per heavy atom. The molecule has 0 amide bonds. The van der Waals surface area contributed by atoms with Gasteiger partial charge in [0.25, 0.3) is 0 Å². The van der Waals surface area contributed by atoms with Crippen molar-refractivity contribution < 1.29 is 18.7 Å². The molecule has 1 aromatic heterocycles. The van der Waals surface area contributed by atoms with Gasteiger partial charge < -0.3 is 10.0 Å². The largest absolute Gasteiger partial charge is 0.481 e. The van der Waals surface area contributed by atoms with Crippen LogP contribution in [0.3, 0.4) is 0 Å². The van der Waals surface area contributed by atoms with Gasteiger partial charge in [0, 0.05) is 31.8 Å². The maximum Gasteiger partial charge on any atom is 0.303 e. The molecule has 0 saturated carbocycles. The molecule has 7 heteroatoms. The van der Waals surface area contributed by atoms with Crippen LogP contribution in [0.15, 0.2) is 35.5 Å². The zero-order valence-electron chi connectivity index (χ0n) is 14.8. The molecule has 0 aliphatic rings. The number of aliphatic carboxylic acids is 1. The first-order valence-electron chi connectivity index (χ1n) is 8.44. The van der Waals surface area contributed by atoms with Gasteiger partial charge in [0.15, 0.2) is 0 Å². The van der Waals surface area contributed by atoms with Crippen molar-refractivity contribution in [3.05, 3.63) is 42.1 Å². The highest BCUT2D eigenvalue weighted by molar-refractivity contribution is 7.99. The van der Waals surface area contributed by atoms with Crippen molar-refractivity contribution in [3.8, 4) is 11.1 Å². The van der Waals surface area contributed by atoms with E-state index in [1.54, 1.807) is 37.1 Å². The summed E-state index contributed by atoms with van der Waals surface area (Å²) in [4.78, 5) is 16.3. The van der Waals surface area contributed by atoms with E-state index in [9.17, 15) is 13.6 Å². The molecule has 0 unspecified atom stereocenters. The van der Waals surface area contributed by atoms with Crippen LogP contribution in [0.4, 0.5) is 14.5 Å². The van der Waals surface area contributed by atoms with E-state index in [0.717, 1.165) is 17.2 Å². The fourth-order valence-electron chi connectivity index (χ4n) is 2.59. The maximum atomic E-state index is 14.6. The summed E-state index contributed by atoms with van der Waals surface area (Å²) >= 11 is 1.56. The standard InChI is InChI=1S/C19H22F2N2O2S/c1-3-10-26-19-14(6-4-8-22-19)13-11-15(20)18(16(21)12-13)23(2)9-5-7-17(24)25/h4,6,8,11-12H,3,5,7,9-10H2,1-2H3,(H,24,25). The zero-order chi connectivity index (χ0) is 19.1. The first-order valence-corrected chi connectivity index (χ1v) is 9.42. The number of halogens is 2. The number of carboxylic acid groups (broad SMARTS) is 1. The molecule has 0 saturated heterocycles. The van der Waals surface area contributed by atoms with E-state index in [-0.39, 0.29) is 18.7 Å². The number of benzene rings is 1. The van der Waals surface area contributed by atoms with E-state index in [2.05, 4.69) is 11.9 Å². The fraction of sp³-hybridized carbons (Fsp3) is 0.368. The molecule has 0 bridgehead atoms. The minimum atomic E-state index is -0.927. The minimum absolute atomic E-state index is 0.0423. The van der Waals surface area contributed by atoms with E-state index in [1.165, 1.54) is 17.0 Å². The Kier molecular flexibility index (Phi) is 7.38. The Morgan fingerprint density at radius 2 is 2.00 bits per heavy atom. The molecular weight excluding hydrogens is 358 g/mol. The average Bonchev–Trinajstić information content (AvgIpc) is 2.59. The molecule has 1 aromatic carbocycles. The number of pyridine rings is 1. The Balaban J connectivity index is 2.28. The van der Waals surface area contributed by atoms with E-state index in [0.29, 0.717) is 17.5 Å². The molecule has 4 nitrogen and oxygen atoms in total. The van der Waals surface area contributed by atoms with Crippen molar-refractivity contribution in [2.45, 2.75) is 31.2 Å². The summed E-state index contributed by atoms with van der Waals surface area (Å²) in [5, 5.41) is 9.43. The number of aromatic nitrogens is 1. The number of carbonyl (C=O) groups is 1. The molecule has 1 N–H and O–H groups in total. The van der Waals surface area contributed by atoms with Crippen LogP contribution in [-0.4, -0.2) is 35.4 Å². The Labute approximate surface area is 156 Å². The van der Waals surface area contributed by atoms with Crippen LogP contribution in [0.25, 0.3) is 11.1 Å². The molecule has 1 heterocycles. The van der Waals surface area contributed by atoms with E-state index >= 15 is 0 Å². The third-order valence-electron chi connectivity index (χ3n) is 3.81. The molecule has 0 radical (unpaired) electrons. The number of nitrogens with zero attached hydrogens (tertiary/aromatic N) is 2. The van der Waals surface area contributed by atoms with Crippen molar-refractivity contribution in [2.75, 3.05) is 24.2 Å². The quantitative estimate of drug-likeness (QED) is 0.632. The molecule has 140 valence electrons. The van der Waals surface area contributed by atoms with E-state index in [1.807, 2.05) is 0 Å². The second-order valence-electron chi connectivity index (χ2n) is 5.91. The van der Waals surface area contributed by atoms with Crippen molar-refractivity contribution in [3.63, 3.8) is 0 Å². The van der Waals surface area contributed by atoms with E-state index < -0.39 is 17.6 Å². The van der Waals surface area contributed by atoms with Gasteiger partial charge in [-0.1, -0.05) is 13.0 Å². The lowest BCUT2D eigenvalue weighted by Crippen LogP contribution is -2.21. The van der Waals surface area contributed by atoms with Gasteiger partial charge in [-0.15, -0.1) is 11.8 Å². The summed E-state index contributed by atoms with van der Waals surface area (Å²) in [6.45, 7) is 2.31. The highest BCUT2D eigenvalue weighted by atomic mass is 32.2. The summed E-state index contributed by atoms with van der Waals surface area (Å²) in [7, 11) is 1.55. The molecule has 2 rings (SSSR count). The molecular formula is C19H22F2N2O2S. The zero-order valence-corrected chi connectivity index (χ0v) is 15.7. The van der Waals surface area contributed by atoms with Crippen molar-refractivity contribution in [2.24, 2.45) is 0 Å². The predicted octanol–water partition coefficient (Wildman–Crippen LogP) is 4.83. The van der Waals surface area contributed by atoms with Crippen LogP contribution < -0.4 is 4.90 Å². The molecule has 0 aliphatic carbocycles. The molecule has 0 atom stereocenters. The first-order chi connectivity index (χ1) is 12.4. The number of thioether (sulfide) groups is 1. The van der Waals surface area contributed by atoms with Gasteiger partial charge in [-0.25, -0.2) is 13.8 Å². The average molecular weight is 380 g/mol. The van der Waals surface area contributed by atoms with Gasteiger partial charge in [0.2, 0.25) is 0 Å². The molecule has 0 fully saturated rings. The van der Waals surface area contributed by atoms with Crippen LogP contribution in [0, 0.1) is 11.6 Å². The summed E-state index contributed by atoms with van der Waals surface area (Å²) in [6, 6.07) is 6.15. The number of hydrogen-bond acceptors (Lipinski definition) is 4. The minimum Gasteiger partial charge on any atom is -0.481 e. The van der Waals surface area contributed by atoms with Gasteiger partial charge >= 0.3 is 5.97 Å². The highest BCUT2D eigenvalue weighted by Gasteiger charge is 2.17. The Morgan fingerprint density at radius 1 is 1.31 bits per heavy atom. The van der Waals surface area contributed by atoms with Crippen molar-refractivity contribution >= 4 is 23.4 Å². The fourth-order valence-corrected chi connectivity index (χ4v) is 3.46. The topological polar surface area (TPSA) is 53.4 Å². The van der Waals surface area contributed by atoms with Gasteiger partial charge in [0.05, 0.1) is 0 Å². The van der Waals surface area contributed by atoms with Gasteiger partial charge in [-0.05, 0) is 42.4 Å². The van der Waals surface area contributed by atoms with Crippen LogP contribution in [0.2, 0.25) is 0 Å². The third-order valence-corrected chi connectivity index (χ3v) is 5.02. The van der Waals surface area contributed by atoms with Crippen LogP contribution in [0.1, 0.15) is 26.2 Å².